The van der Waals surface area contributed by atoms with Gasteiger partial charge in [-0.15, -0.1) is 0 Å². The summed E-state index contributed by atoms with van der Waals surface area (Å²) in [5.41, 5.74) is 0. The summed E-state index contributed by atoms with van der Waals surface area (Å²) in [6, 6.07) is 0. The highest BCUT2D eigenvalue weighted by Crippen LogP contribution is 2.10. The van der Waals surface area contributed by atoms with Crippen LogP contribution in [0.25, 0.3) is 0 Å². The Labute approximate surface area is 43.9 Å². The number of hydroxylamine groups is 2. The first-order chi connectivity index (χ1) is 3.27. The van der Waals surface area contributed by atoms with Gasteiger partial charge in [0, 0.05) is 7.11 Å². The Hall–Kier alpha value is 0.270. The fourth-order valence-electron chi connectivity index (χ4n) is 0.0898. The van der Waals surface area contributed by atoms with Crippen LogP contribution in [0.5, 0.6) is 0 Å². The molecule has 0 spiro atoms. The van der Waals surface area contributed by atoms with E-state index in [0.29, 0.717) is 5.23 Å². The smallest absolute Gasteiger partial charge is 0.176 e. The fraction of sp³-hybridized carbons (Fsp3) is 1.00. The standard InChI is InChI=1S/C2H7NO3P/c1-3(4)6-7-5-2/h7H,1-2H3/q-1. The Bertz CT molecular complexity index is 41.9. The Morgan fingerprint density at radius 3 is 2.43 bits per heavy atom. The third-order valence-corrected chi connectivity index (χ3v) is 0.747. The molecule has 0 fully saturated rings. The molecule has 1 unspecified atom stereocenters. The number of nitrogens with zero attached hydrogens (tertiary/aromatic N) is 1. The molecule has 0 bridgehead atoms. The van der Waals surface area contributed by atoms with E-state index < -0.39 is 0 Å². The van der Waals surface area contributed by atoms with Crippen LogP contribution in [0.15, 0.2) is 0 Å². The van der Waals surface area contributed by atoms with Crippen LogP contribution in [0, 0.1) is 5.21 Å². The van der Waals surface area contributed by atoms with Gasteiger partial charge in [-0.2, -0.15) is 0 Å². The van der Waals surface area contributed by atoms with Crippen molar-refractivity contribution >= 4 is 9.03 Å². The second-order valence-corrected chi connectivity index (χ2v) is 1.58. The molecule has 1 atom stereocenters. The minimum Gasteiger partial charge on any atom is -0.762 e. The first-order valence-corrected chi connectivity index (χ1v) is 2.45. The molecule has 0 saturated heterocycles. The Morgan fingerprint density at radius 1 is 1.71 bits per heavy atom. The lowest BCUT2D eigenvalue weighted by molar-refractivity contribution is 0.0286. The van der Waals surface area contributed by atoms with E-state index in [4.69, 9.17) is 0 Å². The van der Waals surface area contributed by atoms with Gasteiger partial charge in [0.05, 0.1) is 0 Å². The molecule has 0 amide bonds. The van der Waals surface area contributed by atoms with Crippen molar-refractivity contribution in [3.63, 3.8) is 0 Å². The maximum atomic E-state index is 9.82. The van der Waals surface area contributed by atoms with Crippen LogP contribution < -0.4 is 0 Å². The third kappa shape index (κ3) is 6.27. The summed E-state index contributed by atoms with van der Waals surface area (Å²) < 4.78 is 8.69. The average molecular weight is 124 g/mol. The van der Waals surface area contributed by atoms with E-state index in [1.165, 1.54) is 14.2 Å². The summed E-state index contributed by atoms with van der Waals surface area (Å²) in [6.45, 7) is 0. The zero-order valence-corrected chi connectivity index (χ0v) is 5.17. The Balaban J connectivity index is 2.68. The zero-order valence-electron chi connectivity index (χ0n) is 4.17. The van der Waals surface area contributed by atoms with Gasteiger partial charge in [-0.1, -0.05) is 0 Å². The van der Waals surface area contributed by atoms with Crippen molar-refractivity contribution in [3.8, 4) is 0 Å². The highest BCUT2D eigenvalue weighted by molar-refractivity contribution is 7.26. The van der Waals surface area contributed by atoms with Crippen LogP contribution in [0.1, 0.15) is 0 Å². The summed E-state index contributed by atoms with van der Waals surface area (Å²) >= 11 is 0. The Kier molecular flexibility index (Phi) is 4.60. The molecule has 0 aliphatic carbocycles. The quantitative estimate of drug-likeness (QED) is 0.406. The molecule has 0 radical (unpaired) electrons. The van der Waals surface area contributed by atoms with Crippen molar-refractivity contribution < 1.29 is 9.15 Å². The van der Waals surface area contributed by atoms with Crippen LogP contribution in [0.3, 0.4) is 0 Å². The van der Waals surface area contributed by atoms with Crippen molar-refractivity contribution in [1.82, 2.24) is 5.23 Å². The molecular formula is C2H7NO3P-. The van der Waals surface area contributed by atoms with Gasteiger partial charge in [0.25, 0.3) is 0 Å². The molecule has 0 aromatic heterocycles. The minimum absolute atomic E-state index is 0.191. The highest BCUT2D eigenvalue weighted by Gasteiger charge is 1.76. The molecule has 5 heteroatoms. The minimum atomic E-state index is -0.191. The fourth-order valence-corrected chi connectivity index (χ4v) is 0.269. The first-order valence-electron chi connectivity index (χ1n) is 1.63. The second-order valence-electron chi connectivity index (χ2n) is 0.818. The van der Waals surface area contributed by atoms with Gasteiger partial charge >= 0.3 is 0 Å². The van der Waals surface area contributed by atoms with Gasteiger partial charge < -0.3 is 9.73 Å². The van der Waals surface area contributed by atoms with Crippen LogP contribution in [-0.2, 0) is 9.15 Å². The second kappa shape index (κ2) is 4.43. The summed E-state index contributed by atoms with van der Waals surface area (Å²) in [7, 11) is 2.52. The molecule has 0 aromatic carbocycles. The lowest BCUT2D eigenvalue weighted by Gasteiger charge is -2.18. The lowest BCUT2D eigenvalue weighted by atomic mass is 11.5. The zero-order chi connectivity index (χ0) is 5.70. The van der Waals surface area contributed by atoms with Gasteiger partial charge in [0.15, 0.2) is 9.03 Å². The normalized spacial score (nSPS) is 12.0. The SMILES string of the molecule is COPON(C)[O-]. The number of hydrogen-bond acceptors (Lipinski definition) is 4. The van der Waals surface area contributed by atoms with Crippen molar-refractivity contribution in [2.75, 3.05) is 14.2 Å². The molecule has 0 aliphatic heterocycles. The van der Waals surface area contributed by atoms with Gasteiger partial charge in [-0.05, 0) is 7.05 Å². The summed E-state index contributed by atoms with van der Waals surface area (Å²) in [4.78, 5) is 0. The summed E-state index contributed by atoms with van der Waals surface area (Å²) in [5.74, 6) is 0. The predicted molar refractivity (Wildman–Crippen MR) is 27.5 cm³/mol. The van der Waals surface area contributed by atoms with Crippen LogP contribution in [-0.4, -0.2) is 19.4 Å². The topological polar surface area (TPSA) is 44.8 Å². The molecule has 0 aromatic rings. The number of rotatable bonds is 3. The van der Waals surface area contributed by atoms with Gasteiger partial charge in [-0.25, -0.2) is 0 Å². The van der Waals surface area contributed by atoms with Crippen molar-refractivity contribution in [1.29, 1.82) is 0 Å². The molecule has 4 nitrogen and oxygen atoms in total. The van der Waals surface area contributed by atoms with E-state index in [1.54, 1.807) is 0 Å². The first kappa shape index (κ1) is 7.27. The maximum absolute atomic E-state index is 9.82. The molecule has 0 aliphatic rings. The van der Waals surface area contributed by atoms with Crippen molar-refractivity contribution in [3.05, 3.63) is 5.21 Å². The molecule has 44 valence electrons. The van der Waals surface area contributed by atoms with Gasteiger partial charge in [0.2, 0.25) is 0 Å². The van der Waals surface area contributed by atoms with Crippen molar-refractivity contribution in [2.24, 2.45) is 0 Å². The molecule has 0 heterocycles. The Morgan fingerprint density at radius 2 is 2.29 bits per heavy atom. The largest absolute Gasteiger partial charge is 0.762 e. The van der Waals surface area contributed by atoms with Crippen LogP contribution in [0.4, 0.5) is 0 Å². The van der Waals surface area contributed by atoms with E-state index >= 15 is 0 Å². The van der Waals surface area contributed by atoms with Crippen LogP contribution in [0.2, 0.25) is 0 Å². The maximum Gasteiger partial charge on any atom is 0.176 e. The van der Waals surface area contributed by atoms with Crippen molar-refractivity contribution in [2.45, 2.75) is 0 Å². The van der Waals surface area contributed by atoms with E-state index in [0.717, 1.165) is 0 Å². The summed E-state index contributed by atoms with van der Waals surface area (Å²) in [6.07, 6.45) is 0. The molecular weight excluding hydrogens is 117 g/mol. The molecule has 0 saturated carbocycles. The van der Waals surface area contributed by atoms with E-state index in [9.17, 15) is 5.21 Å². The number of hydrogen-bond donors (Lipinski definition) is 0. The average Bonchev–Trinajstić information content (AvgIpc) is 1.61. The highest BCUT2D eigenvalue weighted by atomic mass is 31.1. The predicted octanol–water partition coefficient (Wildman–Crippen LogP) is 0.502. The third-order valence-electron chi connectivity index (χ3n) is 0.249. The van der Waals surface area contributed by atoms with E-state index in [2.05, 4.69) is 9.15 Å². The lowest BCUT2D eigenvalue weighted by Crippen LogP contribution is -2.02. The molecule has 7 heavy (non-hydrogen) atoms. The van der Waals surface area contributed by atoms with Gasteiger partial charge in [0.1, 0.15) is 0 Å². The van der Waals surface area contributed by atoms with Gasteiger partial charge in [-0.3, -0.25) is 9.85 Å². The van der Waals surface area contributed by atoms with E-state index in [1.807, 2.05) is 0 Å². The van der Waals surface area contributed by atoms with Crippen LogP contribution >= 0.6 is 9.03 Å². The van der Waals surface area contributed by atoms with E-state index in [-0.39, 0.29) is 9.03 Å². The molecule has 0 rings (SSSR count). The summed E-state index contributed by atoms with van der Waals surface area (Å²) in [5, 5.41) is 10.2. The molecule has 0 N–H and O–H groups in total. The monoisotopic (exact) mass is 124 g/mol.